The minimum absolute atomic E-state index is 0.118. The molecule has 0 aliphatic heterocycles. The zero-order valence-electron chi connectivity index (χ0n) is 14.4. The van der Waals surface area contributed by atoms with Crippen molar-refractivity contribution in [2.75, 3.05) is 24.9 Å². The van der Waals surface area contributed by atoms with Crippen LogP contribution >= 0.6 is 0 Å². The smallest absolute Gasteiger partial charge is 0.293 e. The highest BCUT2D eigenvalue weighted by atomic mass is 16.6. The topological polar surface area (TPSA) is 103 Å². The lowest BCUT2D eigenvalue weighted by molar-refractivity contribution is -0.384. The summed E-state index contributed by atoms with van der Waals surface area (Å²) in [5.74, 6) is 0.589. The van der Waals surface area contributed by atoms with Crippen molar-refractivity contribution in [1.29, 1.82) is 0 Å². The maximum atomic E-state index is 12.5. The molecule has 0 radical (unpaired) electrons. The minimum atomic E-state index is -0.490. The summed E-state index contributed by atoms with van der Waals surface area (Å²) in [6.45, 7) is 0. The summed E-state index contributed by atoms with van der Waals surface area (Å²) in [4.78, 5) is 23.3. The molecule has 2 aromatic rings. The molecule has 0 saturated heterocycles. The number of hydrogen-bond acceptors (Lipinski definition) is 6. The van der Waals surface area contributed by atoms with Crippen LogP contribution in [0.15, 0.2) is 36.4 Å². The first-order chi connectivity index (χ1) is 12.5. The number of ether oxygens (including phenoxy) is 2. The van der Waals surface area contributed by atoms with Gasteiger partial charge in [0.15, 0.2) is 0 Å². The highest BCUT2D eigenvalue weighted by Gasteiger charge is 2.25. The third-order valence-corrected chi connectivity index (χ3v) is 4.00. The molecule has 2 N–H and O–H groups in total. The summed E-state index contributed by atoms with van der Waals surface area (Å²) in [6.07, 6.45) is 1.99. The molecule has 0 aromatic heterocycles. The van der Waals surface area contributed by atoms with Crippen molar-refractivity contribution in [1.82, 2.24) is 0 Å². The second-order valence-electron chi connectivity index (χ2n) is 5.96. The zero-order valence-corrected chi connectivity index (χ0v) is 14.4. The van der Waals surface area contributed by atoms with Crippen LogP contribution in [0, 0.1) is 10.1 Å². The highest BCUT2D eigenvalue weighted by Crippen LogP contribution is 2.32. The third kappa shape index (κ3) is 4.02. The van der Waals surface area contributed by atoms with E-state index in [0.29, 0.717) is 22.9 Å². The van der Waals surface area contributed by atoms with Gasteiger partial charge in [0.25, 0.3) is 11.6 Å². The number of carbonyl (C=O) groups excluding carboxylic acids is 1. The number of nitrogens with one attached hydrogen (secondary N) is 2. The van der Waals surface area contributed by atoms with Gasteiger partial charge in [-0.05, 0) is 25.0 Å². The number of nitrogens with zero attached hydrogens (tertiary/aromatic N) is 1. The first-order valence-electron chi connectivity index (χ1n) is 8.09. The van der Waals surface area contributed by atoms with Crippen LogP contribution in [0.2, 0.25) is 0 Å². The number of benzene rings is 2. The fourth-order valence-electron chi connectivity index (χ4n) is 2.48. The highest BCUT2D eigenvalue weighted by molar-refractivity contribution is 6.05. The molecule has 136 valence electrons. The largest absolute Gasteiger partial charge is 0.497 e. The molecule has 1 aliphatic carbocycles. The van der Waals surface area contributed by atoms with Gasteiger partial charge in [0.2, 0.25) is 0 Å². The average Bonchev–Trinajstić information content (AvgIpc) is 3.45. The Kier molecular flexibility index (Phi) is 4.92. The van der Waals surface area contributed by atoms with Crippen LogP contribution in [0.1, 0.15) is 23.2 Å². The predicted octanol–water partition coefficient (Wildman–Crippen LogP) is 3.44. The number of carbonyl (C=O) groups is 1. The number of anilines is 2. The van der Waals surface area contributed by atoms with Gasteiger partial charge in [-0.25, -0.2) is 0 Å². The number of nitro benzene ring substituents is 1. The van der Waals surface area contributed by atoms with Crippen LogP contribution in [0.5, 0.6) is 11.5 Å². The van der Waals surface area contributed by atoms with Crippen molar-refractivity contribution in [2.45, 2.75) is 18.9 Å². The van der Waals surface area contributed by atoms with Crippen LogP contribution in [0.3, 0.4) is 0 Å². The molecule has 26 heavy (non-hydrogen) atoms. The molecule has 0 spiro atoms. The van der Waals surface area contributed by atoms with Gasteiger partial charge in [-0.1, -0.05) is 0 Å². The van der Waals surface area contributed by atoms with Gasteiger partial charge in [0.05, 0.1) is 19.1 Å². The van der Waals surface area contributed by atoms with Crippen LogP contribution in [0.25, 0.3) is 0 Å². The van der Waals surface area contributed by atoms with Gasteiger partial charge in [-0.15, -0.1) is 0 Å². The van der Waals surface area contributed by atoms with Gasteiger partial charge in [-0.3, -0.25) is 14.9 Å². The quantitative estimate of drug-likeness (QED) is 0.581. The normalized spacial score (nSPS) is 13.0. The Labute approximate surface area is 150 Å². The molecule has 2 aromatic carbocycles. The van der Waals surface area contributed by atoms with E-state index >= 15 is 0 Å². The van der Waals surface area contributed by atoms with Crippen molar-refractivity contribution in [2.24, 2.45) is 0 Å². The molecule has 8 heteroatoms. The molecular formula is C18H19N3O5. The molecule has 0 unspecified atom stereocenters. The molecule has 0 heterocycles. The first-order valence-corrected chi connectivity index (χ1v) is 8.09. The lowest BCUT2D eigenvalue weighted by atomic mass is 10.1. The Balaban J connectivity index is 1.83. The summed E-state index contributed by atoms with van der Waals surface area (Å²) >= 11 is 0. The molecule has 1 fully saturated rings. The van der Waals surface area contributed by atoms with Crippen molar-refractivity contribution >= 4 is 23.0 Å². The van der Waals surface area contributed by atoms with Crippen LogP contribution in [-0.4, -0.2) is 31.1 Å². The second kappa shape index (κ2) is 7.30. The van der Waals surface area contributed by atoms with Crippen LogP contribution < -0.4 is 20.1 Å². The van der Waals surface area contributed by atoms with Gasteiger partial charge < -0.3 is 20.1 Å². The lowest BCUT2D eigenvalue weighted by Gasteiger charge is -2.11. The Morgan fingerprint density at radius 2 is 1.77 bits per heavy atom. The summed E-state index contributed by atoms with van der Waals surface area (Å²) in [6, 6.07) is 9.63. The van der Waals surface area contributed by atoms with Gasteiger partial charge in [0, 0.05) is 41.6 Å². The average molecular weight is 357 g/mol. The standard InChI is InChI=1S/C18H19N3O5/c1-25-14-8-13(9-15(10-14)26-2)20-18(22)11-3-6-16(19-12-4-5-12)17(7-11)21(23)24/h3,6-10,12,19H,4-5H2,1-2H3,(H,20,22). The molecule has 0 bridgehead atoms. The van der Waals surface area contributed by atoms with E-state index in [4.69, 9.17) is 9.47 Å². The van der Waals surface area contributed by atoms with Crippen molar-refractivity contribution in [3.05, 3.63) is 52.1 Å². The zero-order chi connectivity index (χ0) is 18.7. The van der Waals surface area contributed by atoms with E-state index < -0.39 is 10.8 Å². The minimum Gasteiger partial charge on any atom is -0.497 e. The van der Waals surface area contributed by atoms with Crippen molar-refractivity contribution in [3.63, 3.8) is 0 Å². The van der Waals surface area contributed by atoms with E-state index in [2.05, 4.69) is 10.6 Å². The fourth-order valence-corrected chi connectivity index (χ4v) is 2.48. The number of hydrogen-bond donors (Lipinski definition) is 2. The van der Waals surface area contributed by atoms with E-state index in [1.165, 1.54) is 20.3 Å². The van der Waals surface area contributed by atoms with Crippen LogP contribution in [-0.2, 0) is 0 Å². The van der Waals surface area contributed by atoms with Gasteiger partial charge >= 0.3 is 0 Å². The predicted molar refractivity (Wildman–Crippen MR) is 97.2 cm³/mol. The maximum absolute atomic E-state index is 12.5. The summed E-state index contributed by atoms with van der Waals surface area (Å²) in [5.41, 5.74) is 0.971. The number of nitro groups is 1. The molecule has 3 rings (SSSR count). The van der Waals surface area contributed by atoms with Crippen LogP contribution in [0.4, 0.5) is 17.1 Å². The van der Waals surface area contributed by atoms with E-state index in [1.54, 1.807) is 30.3 Å². The molecule has 0 atom stereocenters. The van der Waals surface area contributed by atoms with Crippen molar-refractivity contribution in [3.8, 4) is 11.5 Å². The number of methoxy groups -OCH3 is 2. The maximum Gasteiger partial charge on any atom is 0.293 e. The van der Waals surface area contributed by atoms with E-state index in [-0.39, 0.29) is 17.3 Å². The number of rotatable bonds is 7. The van der Waals surface area contributed by atoms with E-state index in [9.17, 15) is 14.9 Å². The molecule has 1 saturated carbocycles. The molecule has 1 aliphatic rings. The molecular weight excluding hydrogens is 338 g/mol. The monoisotopic (exact) mass is 357 g/mol. The van der Waals surface area contributed by atoms with Gasteiger partial charge in [0.1, 0.15) is 17.2 Å². The summed E-state index contributed by atoms with van der Waals surface area (Å²) in [5, 5.41) is 17.1. The summed E-state index contributed by atoms with van der Waals surface area (Å²) < 4.78 is 10.3. The van der Waals surface area contributed by atoms with Gasteiger partial charge in [-0.2, -0.15) is 0 Å². The Morgan fingerprint density at radius 1 is 1.12 bits per heavy atom. The summed E-state index contributed by atoms with van der Waals surface area (Å²) in [7, 11) is 3.02. The number of amides is 1. The fraction of sp³-hybridized carbons (Fsp3) is 0.278. The third-order valence-electron chi connectivity index (χ3n) is 4.00. The van der Waals surface area contributed by atoms with Crippen molar-refractivity contribution < 1.29 is 19.2 Å². The Bertz CT molecular complexity index is 826. The lowest BCUT2D eigenvalue weighted by Crippen LogP contribution is -2.13. The molecule has 8 nitrogen and oxygen atoms in total. The first kappa shape index (κ1) is 17.5. The second-order valence-corrected chi connectivity index (χ2v) is 5.96. The van der Waals surface area contributed by atoms with E-state index in [0.717, 1.165) is 12.8 Å². The van der Waals surface area contributed by atoms with E-state index in [1.807, 2.05) is 0 Å². The molecule has 1 amide bonds. The Hall–Kier alpha value is -3.29. The SMILES string of the molecule is COc1cc(NC(=O)c2ccc(NC3CC3)c([N+](=O)[O-])c2)cc(OC)c1. The Morgan fingerprint density at radius 3 is 2.31 bits per heavy atom.